The second-order valence-electron chi connectivity index (χ2n) is 4.20. The van der Waals surface area contributed by atoms with E-state index >= 15 is 0 Å². The summed E-state index contributed by atoms with van der Waals surface area (Å²) in [6, 6.07) is 11.5. The van der Waals surface area contributed by atoms with Crippen LogP contribution >= 0.6 is 0 Å². The first kappa shape index (κ1) is 14.4. The van der Waals surface area contributed by atoms with Crippen LogP contribution in [-0.2, 0) is 4.79 Å². The van der Waals surface area contributed by atoms with Crippen molar-refractivity contribution < 1.29 is 19.2 Å². The molecule has 0 radical (unpaired) electrons. The van der Waals surface area contributed by atoms with E-state index in [1.165, 1.54) is 12.1 Å². The average molecular weight is 287 g/mol. The Morgan fingerprint density at radius 3 is 2.43 bits per heavy atom. The van der Waals surface area contributed by atoms with Crippen molar-refractivity contribution in [2.75, 3.05) is 0 Å². The smallest absolute Gasteiger partial charge is 0.336 e. The van der Waals surface area contributed by atoms with E-state index in [4.69, 9.17) is 0 Å². The molecule has 0 aliphatic carbocycles. The molecule has 0 amide bonds. The molecule has 0 spiro atoms. The zero-order chi connectivity index (χ0) is 15.4. The van der Waals surface area contributed by atoms with Crippen molar-refractivity contribution in [3.63, 3.8) is 0 Å². The van der Waals surface area contributed by atoms with Gasteiger partial charge in [0.05, 0.1) is 10.5 Å². The Balaban J connectivity index is 2.52. The number of carbonyl (C=O) groups is 1. The van der Waals surface area contributed by atoms with Crippen LogP contribution in [-0.4, -0.2) is 16.0 Å². The fourth-order valence-corrected chi connectivity index (χ4v) is 1.81. The molecule has 0 saturated carbocycles. The molecule has 2 aromatic carbocycles. The first-order chi connectivity index (χ1) is 9.99. The van der Waals surface area contributed by atoms with Gasteiger partial charge in [-0.2, -0.15) is 4.39 Å². The summed E-state index contributed by atoms with van der Waals surface area (Å²) < 4.78 is 13.3. The number of hydrogen-bond acceptors (Lipinski definition) is 3. The summed E-state index contributed by atoms with van der Waals surface area (Å²) in [6.45, 7) is 0. The molecule has 21 heavy (non-hydrogen) atoms. The molecule has 0 aliphatic heterocycles. The van der Waals surface area contributed by atoms with Crippen LogP contribution in [0.5, 0.6) is 0 Å². The van der Waals surface area contributed by atoms with Crippen LogP contribution in [0.15, 0.2) is 48.5 Å². The van der Waals surface area contributed by atoms with Gasteiger partial charge in [0.1, 0.15) is 0 Å². The predicted octanol–water partition coefficient (Wildman–Crippen LogP) is 3.36. The molecule has 0 unspecified atom stereocenters. The molecule has 0 heterocycles. The van der Waals surface area contributed by atoms with Gasteiger partial charge in [-0.3, -0.25) is 10.1 Å². The lowest BCUT2D eigenvalue weighted by molar-refractivity contribution is -0.387. The molecule has 0 saturated heterocycles. The Bertz CT molecular complexity index is 726. The quantitative estimate of drug-likeness (QED) is 0.404. The van der Waals surface area contributed by atoms with Crippen molar-refractivity contribution in [1.82, 2.24) is 0 Å². The topological polar surface area (TPSA) is 80.4 Å². The van der Waals surface area contributed by atoms with Crippen LogP contribution in [0.1, 0.15) is 11.1 Å². The third-order valence-corrected chi connectivity index (χ3v) is 2.79. The Kier molecular flexibility index (Phi) is 4.08. The predicted molar refractivity (Wildman–Crippen MR) is 75.0 cm³/mol. The minimum atomic E-state index is -1.17. The van der Waals surface area contributed by atoms with Gasteiger partial charge < -0.3 is 5.11 Å². The number of nitro benzene ring substituents is 1. The van der Waals surface area contributed by atoms with Crippen molar-refractivity contribution >= 4 is 23.3 Å². The van der Waals surface area contributed by atoms with Crippen LogP contribution in [0.2, 0.25) is 0 Å². The van der Waals surface area contributed by atoms with E-state index in [2.05, 4.69) is 0 Å². The fraction of sp³-hybridized carbons (Fsp3) is 0. The van der Waals surface area contributed by atoms with Gasteiger partial charge in [0.15, 0.2) is 0 Å². The summed E-state index contributed by atoms with van der Waals surface area (Å²) >= 11 is 0. The lowest BCUT2D eigenvalue weighted by Gasteiger charge is -2.03. The van der Waals surface area contributed by atoms with E-state index in [1.54, 1.807) is 30.3 Å². The zero-order valence-corrected chi connectivity index (χ0v) is 10.7. The van der Waals surface area contributed by atoms with E-state index in [0.29, 0.717) is 5.56 Å². The van der Waals surface area contributed by atoms with Gasteiger partial charge in [-0.05, 0) is 23.3 Å². The maximum Gasteiger partial charge on any atom is 0.336 e. The van der Waals surface area contributed by atoms with Gasteiger partial charge in [0, 0.05) is 6.07 Å². The molecule has 6 heteroatoms. The number of nitro groups is 1. The first-order valence-electron chi connectivity index (χ1n) is 5.93. The number of benzene rings is 2. The number of nitrogens with zero attached hydrogens (tertiary/aromatic N) is 1. The number of aliphatic carboxylic acids is 1. The molecule has 1 N–H and O–H groups in total. The highest BCUT2D eigenvalue weighted by Crippen LogP contribution is 2.23. The molecule has 106 valence electrons. The Hall–Kier alpha value is -3.02. The van der Waals surface area contributed by atoms with Gasteiger partial charge in [-0.15, -0.1) is 0 Å². The minimum absolute atomic E-state index is 0.0310. The van der Waals surface area contributed by atoms with Crippen molar-refractivity contribution in [1.29, 1.82) is 0 Å². The Morgan fingerprint density at radius 2 is 1.86 bits per heavy atom. The molecule has 0 bridgehead atoms. The van der Waals surface area contributed by atoms with E-state index in [0.717, 1.165) is 12.1 Å². The Labute approximate surface area is 119 Å². The van der Waals surface area contributed by atoms with Gasteiger partial charge in [-0.1, -0.05) is 36.4 Å². The summed E-state index contributed by atoms with van der Waals surface area (Å²) in [5, 5.41) is 19.9. The van der Waals surface area contributed by atoms with E-state index < -0.39 is 22.4 Å². The van der Waals surface area contributed by atoms with Gasteiger partial charge in [0.25, 0.3) is 0 Å². The summed E-state index contributed by atoms with van der Waals surface area (Å²) in [6.07, 6.45) is 1.27. The zero-order valence-electron chi connectivity index (χ0n) is 10.7. The molecule has 0 atom stereocenters. The third kappa shape index (κ3) is 3.30. The fourth-order valence-electron chi connectivity index (χ4n) is 1.81. The molecule has 0 fully saturated rings. The van der Waals surface area contributed by atoms with Crippen LogP contribution in [0.3, 0.4) is 0 Å². The SMILES string of the molecule is O=C(O)/C(=C/c1ccc(F)c([N+](=O)[O-])c1)c1ccccc1. The maximum absolute atomic E-state index is 13.3. The number of rotatable bonds is 4. The third-order valence-electron chi connectivity index (χ3n) is 2.79. The molecule has 0 aromatic heterocycles. The largest absolute Gasteiger partial charge is 0.478 e. The summed E-state index contributed by atoms with van der Waals surface area (Å²) in [5.74, 6) is -2.14. The van der Waals surface area contributed by atoms with Crippen molar-refractivity contribution in [3.8, 4) is 0 Å². The maximum atomic E-state index is 13.3. The molecule has 5 nitrogen and oxygen atoms in total. The van der Waals surface area contributed by atoms with Gasteiger partial charge in [0.2, 0.25) is 5.82 Å². The van der Waals surface area contributed by atoms with Crippen LogP contribution in [0.4, 0.5) is 10.1 Å². The number of carboxylic acids is 1. The number of hydrogen-bond donors (Lipinski definition) is 1. The van der Waals surface area contributed by atoms with Crippen molar-refractivity contribution in [2.45, 2.75) is 0 Å². The number of carboxylic acid groups (broad SMARTS) is 1. The highest BCUT2D eigenvalue weighted by Gasteiger charge is 2.15. The summed E-state index contributed by atoms with van der Waals surface area (Å²) in [5.41, 5.74) is -0.0283. The lowest BCUT2D eigenvalue weighted by atomic mass is 10.0. The number of halogens is 1. The van der Waals surface area contributed by atoms with Crippen LogP contribution in [0, 0.1) is 15.9 Å². The molecule has 2 aromatic rings. The Morgan fingerprint density at radius 1 is 1.19 bits per heavy atom. The average Bonchev–Trinajstić information content (AvgIpc) is 2.46. The minimum Gasteiger partial charge on any atom is -0.478 e. The highest BCUT2D eigenvalue weighted by molar-refractivity contribution is 6.20. The molecular formula is C15H10FNO4. The van der Waals surface area contributed by atoms with Crippen molar-refractivity contribution in [2.24, 2.45) is 0 Å². The van der Waals surface area contributed by atoms with Crippen LogP contribution < -0.4 is 0 Å². The summed E-state index contributed by atoms with van der Waals surface area (Å²) in [7, 11) is 0. The lowest BCUT2D eigenvalue weighted by Crippen LogP contribution is -2.00. The normalized spacial score (nSPS) is 11.2. The molecule has 2 rings (SSSR count). The molecular weight excluding hydrogens is 277 g/mol. The highest BCUT2D eigenvalue weighted by atomic mass is 19.1. The van der Waals surface area contributed by atoms with Crippen LogP contribution in [0.25, 0.3) is 11.6 Å². The second-order valence-corrected chi connectivity index (χ2v) is 4.20. The first-order valence-corrected chi connectivity index (χ1v) is 5.93. The second kappa shape index (κ2) is 5.96. The van der Waals surface area contributed by atoms with Gasteiger partial charge >= 0.3 is 11.7 Å². The van der Waals surface area contributed by atoms with E-state index in [-0.39, 0.29) is 11.1 Å². The van der Waals surface area contributed by atoms with Gasteiger partial charge in [-0.25, -0.2) is 4.79 Å². The monoisotopic (exact) mass is 287 g/mol. The van der Waals surface area contributed by atoms with Crippen molar-refractivity contribution in [3.05, 3.63) is 75.6 Å². The summed E-state index contributed by atoms with van der Waals surface area (Å²) in [4.78, 5) is 21.2. The van der Waals surface area contributed by atoms with E-state index in [1.807, 2.05) is 0 Å². The standard InChI is InChI=1S/C15H10FNO4/c16-13-7-6-10(9-14(13)17(20)21)8-12(15(18)19)11-4-2-1-3-5-11/h1-9H,(H,18,19)/b12-8+. The van der Waals surface area contributed by atoms with E-state index in [9.17, 15) is 24.4 Å². The molecule has 0 aliphatic rings.